The quantitative estimate of drug-likeness (QED) is 0.435. The molecule has 1 aromatic heterocycles. The van der Waals surface area contributed by atoms with Gasteiger partial charge in [-0.15, -0.1) is 0 Å². The first-order chi connectivity index (χ1) is 9.18. The molecule has 1 aliphatic rings. The molecule has 3 aromatic rings. The molecule has 0 radical (unpaired) electrons. The second-order valence-electron chi connectivity index (χ2n) is 5.59. The molecule has 94 valence electrons. The van der Waals surface area contributed by atoms with Gasteiger partial charge < -0.3 is 4.57 Å². The number of nitrogens with zero attached hydrogens (tertiary/aromatic N) is 1. The van der Waals surface area contributed by atoms with E-state index in [1.165, 1.54) is 44.4 Å². The average molecular weight is 247 g/mol. The Labute approximate surface area is 113 Å². The minimum atomic E-state index is 1.07. The normalized spacial score (nSPS) is 12.8. The van der Waals surface area contributed by atoms with Crippen LogP contribution in [-0.4, -0.2) is 4.57 Å². The van der Waals surface area contributed by atoms with Crippen LogP contribution in [0.3, 0.4) is 0 Å². The predicted molar refractivity (Wildman–Crippen MR) is 80.6 cm³/mol. The zero-order valence-electron chi connectivity index (χ0n) is 11.6. The first kappa shape index (κ1) is 10.9. The molecule has 0 atom stereocenters. The SMILES string of the molecule is Cc1c(C)n(C)c2c3c(ccc12)-c1ccccc1C3. The van der Waals surface area contributed by atoms with Gasteiger partial charge in [-0.1, -0.05) is 36.4 Å². The van der Waals surface area contributed by atoms with Crippen molar-refractivity contribution in [3.63, 3.8) is 0 Å². The van der Waals surface area contributed by atoms with Gasteiger partial charge in [0.25, 0.3) is 0 Å². The summed E-state index contributed by atoms with van der Waals surface area (Å²) in [6.45, 7) is 4.44. The largest absolute Gasteiger partial charge is 0.347 e. The Morgan fingerprint density at radius 3 is 2.58 bits per heavy atom. The number of benzene rings is 2. The molecule has 1 aliphatic carbocycles. The van der Waals surface area contributed by atoms with Gasteiger partial charge in [0, 0.05) is 24.5 Å². The van der Waals surface area contributed by atoms with Crippen LogP contribution in [0.15, 0.2) is 36.4 Å². The fourth-order valence-electron chi connectivity index (χ4n) is 3.50. The Morgan fingerprint density at radius 1 is 0.947 bits per heavy atom. The van der Waals surface area contributed by atoms with Gasteiger partial charge in [0.2, 0.25) is 0 Å². The Kier molecular flexibility index (Phi) is 2.00. The fraction of sp³-hybridized carbons (Fsp3) is 0.222. The topological polar surface area (TPSA) is 4.93 Å². The Morgan fingerprint density at radius 2 is 1.74 bits per heavy atom. The van der Waals surface area contributed by atoms with Crippen molar-refractivity contribution in [2.45, 2.75) is 20.3 Å². The number of aryl methyl sites for hydroxylation is 2. The zero-order chi connectivity index (χ0) is 13.1. The van der Waals surface area contributed by atoms with Crippen LogP contribution < -0.4 is 0 Å². The summed E-state index contributed by atoms with van der Waals surface area (Å²) in [6.07, 6.45) is 1.07. The van der Waals surface area contributed by atoms with Crippen molar-refractivity contribution >= 4 is 10.9 Å². The standard InChI is InChI=1S/C18H17N/c1-11-12(2)19(3)18-14(11)8-9-16-15-7-5-4-6-13(15)10-17(16)18/h4-9H,10H2,1-3H3. The maximum Gasteiger partial charge on any atom is 0.0524 e. The highest BCUT2D eigenvalue weighted by molar-refractivity contribution is 5.96. The van der Waals surface area contributed by atoms with Crippen LogP contribution in [0, 0.1) is 13.8 Å². The molecular weight excluding hydrogens is 230 g/mol. The van der Waals surface area contributed by atoms with Gasteiger partial charge in [0.15, 0.2) is 0 Å². The molecule has 2 aromatic carbocycles. The number of hydrogen-bond donors (Lipinski definition) is 0. The van der Waals surface area contributed by atoms with Crippen LogP contribution in [0.4, 0.5) is 0 Å². The van der Waals surface area contributed by atoms with Gasteiger partial charge in [-0.2, -0.15) is 0 Å². The van der Waals surface area contributed by atoms with Gasteiger partial charge >= 0.3 is 0 Å². The highest BCUT2D eigenvalue weighted by atomic mass is 14.9. The van der Waals surface area contributed by atoms with Crippen LogP contribution >= 0.6 is 0 Å². The van der Waals surface area contributed by atoms with E-state index in [0.717, 1.165) is 6.42 Å². The number of aromatic nitrogens is 1. The van der Waals surface area contributed by atoms with Gasteiger partial charge in [0.05, 0.1) is 5.52 Å². The van der Waals surface area contributed by atoms with E-state index in [4.69, 9.17) is 0 Å². The molecule has 0 saturated heterocycles. The molecule has 1 heteroatoms. The second kappa shape index (κ2) is 3.51. The van der Waals surface area contributed by atoms with Crippen LogP contribution in [0.2, 0.25) is 0 Å². The third-order valence-corrected chi connectivity index (χ3v) is 4.74. The number of fused-ring (bicyclic) bond motifs is 5. The zero-order valence-corrected chi connectivity index (χ0v) is 11.6. The summed E-state index contributed by atoms with van der Waals surface area (Å²) in [6, 6.07) is 13.4. The van der Waals surface area contributed by atoms with E-state index in [0.29, 0.717) is 0 Å². The molecule has 0 fully saturated rings. The van der Waals surface area contributed by atoms with Crippen molar-refractivity contribution in [2.24, 2.45) is 7.05 Å². The Bertz CT molecular complexity index is 821. The van der Waals surface area contributed by atoms with Gasteiger partial charge in [-0.25, -0.2) is 0 Å². The molecule has 19 heavy (non-hydrogen) atoms. The first-order valence-corrected chi connectivity index (χ1v) is 6.84. The van der Waals surface area contributed by atoms with Crippen LogP contribution in [-0.2, 0) is 13.5 Å². The molecule has 1 heterocycles. The summed E-state index contributed by atoms with van der Waals surface area (Å²) in [7, 11) is 2.19. The van der Waals surface area contributed by atoms with Crippen molar-refractivity contribution in [1.29, 1.82) is 0 Å². The van der Waals surface area contributed by atoms with Crippen molar-refractivity contribution in [1.82, 2.24) is 4.57 Å². The van der Waals surface area contributed by atoms with E-state index in [1.807, 2.05) is 0 Å². The highest BCUT2D eigenvalue weighted by Gasteiger charge is 2.22. The Balaban J connectivity index is 2.14. The molecule has 0 amide bonds. The summed E-state index contributed by atoms with van der Waals surface area (Å²) in [5.41, 5.74) is 10.00. The van der Waals surface area contributed by atoms with Gasteiger partial charge in [-0.05, 0) is 41.7 Å². The molecule has 0 bridgehead atoms. The summed E-state index contributed by atoms with van der Waals surface area (Å²) < 4.78 is 2.36. The smallest absolute Gasteiger partial charge is 0.0524 e. The van der Waals surface area contributed by atoms with Crippen molar-refractivity contribution in [2.75, 3.05) is 0 Å². The van der Waals surface area contributed by atoms with Crippen molar-refractivity contribution < 1.29 is 0 Å². The molecule has 1 nitrogen and oxygen atoms in total. The average Bonchev–Trinajstić information content (AvgIpc) is 2.91. The molecule has 4 rings (SSSR count). The molecule has 0 saturated carbocycles. The molecule has 0 aliphatic heterocycles. The lowest BCUT2D eigenvalue weighted by Crippen LogP contribution is -1.94. The second-order valence-corrected chi connectivity index (χ2v) is 5.59. The van der Waals surface area contributed by atoms with E-state index in [2.05, 4.69) is 61.9 Å². The van der Waals surface area contributed by atoms with E-state index >= 15 is 0 Å². The van der Waals surface area contributed by atoms with Crippen molar-refractivity contribution in [3.05, 3.63) is 58.8 Å². The third-order valence-electron chi connectivity index (χ3n) is 4.74. The highest BCUT2D eigenvalue weighted by Crippen LogP contribution is 2.41. The third kappa shape index (κ3) is 1.25. The van der Waals surface area contributed by atoms with Gasteiger partial charge in [0.1, 0.15) is 0 Å². The molecule has 0 spiro atoms. The predicted octanol–water partition coefficient (Wildman–Crippen LogP) is 4.37. The van der Waals surface area contributed by atoms with Gasteiger partial charge in [-0.3, -0.25) is 0 Å². The number of hydrogen-bond acceptors (Lipinski definition) is 0. The molecular formula is C18H17N. The maximum atomic E-state index is 2.36. The first-order valence-electron chi connectivity index (χ1n) is 6.84. The molecule has 0 N–H and O–H groups in total. The lowest BCUT2D eigenvalue weighted by atomic mass is 10.0. The fourth-order valence-corrected chi connectivity index (χ4v) is 3.50. The van der Waals surface area contributed by atoms with Crippen molar-refractivity contribution in [3.8, 4) is 11.1 Å². The maximum absolute atomic E-state index is 2.36. The van der Waals surface area contributed by atoms with E-state index in [-0.39, 0.29) is 0 Å². The van der Waals surface area contributed by atoms with Crippen LogP contribution in [0.25, 0.3) is 22.0 Å². The minimum Gasteiger partial charge on any atom is -0.347 e. The number of rotatable bonds is 0. The van der Waals surface area contributed by atoms with E-state index < -0.39 is 0 Å². The van der Waals surface area contributed by atoms with E-state index in [1.54, 1.807) is 0 Å². The summed E-state index contributed by atoms with van der Waals surface area (Å²) >= 11 is 0. The molecule has 0 unspecified atom stereocenters. The minimum absolute atomic E-state index is 1.07. The summed E-state index contributed by atoms with van der Waals surface area (Å²) in [5, 5.41) is 1.41. The lowest BCUT2D eigenvalue weighted by Gasteiger charge is -2.05. The van der Waals surface area contributed by atoms with Crippen LogP contribution in [0.1, 0.15) is 22.4 Å². The van der Waals surface area contributed by atoms with E-state index in [9.17, 15) is 0 Å². The van der Waals surface area contributed by atoms with Crippen LogP contribution in [0.5, 0.6) is 0 Å². The Hall–Kier alpha value is -2.02. The summed E-state index contributed by atoms with van der Waals surface area (Å²) in [4.78, 5) is 0. The summed E-state index contributed by atoms with van der Waals surface area (Å²) in [5.74, 6) is 0. The lowest BCUT2D eigenvalue weighted by molar-refractivity contribution is 0.905. The monoisotopic (exact) mass is 247 g/mol.